The minimum Gasteiger partial charge on any atom is -0.463 e. The van der Waals surface area contributed by atoms with Crippen LogP contribution in [0.25, 0.3) is 6.08 Å². The van der Waals surface area contributed by atoms with Crippen LogP contribution in [-0.2, 0) is 9.53 Å². The predicted octanol–water partition coefficient (Wildman–Crippen LogP) is 3.73. The van der Waals surface area contributed by atoms with Crippen molar-refractivity contribution in [1.82, 2.24) is 4.57 Å². The summed E-state index contributed by atoms with van der Waals surface area (Å²) in [5.41, 5.74) is 0.0218. The summed E-state index contributed by atoms with van der Waals surface area (Å²) in [6, 6.07) is 9.02. The van der Waals surface area contributed by atoms with Crippen molar-refractivity contribution in [2.45, 2.75) is 19.9 Å². The van der Waals surface area contributed by atoms with E-state index < -0.39 is 29.2 Å². The fraction of sp³-hybridized carbons (Fsp3) is 0.174. The smallest absolute Gasteiger partial charge is 0.338 e. The van der Waals surface area contributed by atoms with E-state index in [9.17, 15) is 18.4 Å². The molecular weight excluding hydrogens is 458 g/mol. The van der Waals surface area contributed by atoms with E-state index in [4.69, 9.17) is 16.3 Å². The second-order valence-corrected chi connectivity index (χ2v) is 8.38. The van der Waals surface area contributed by atoms with Crippen molar-refractivity contribution in [2.75, 3.05) is 6.61 Å². The molecule has 32 heavy (non-hydrogen) atoms. The van der Waals surface area contributed by atoms with Crippen LogP contribution in [0.4, 0.5) is 8.78 Å². The van der Waals surface area contributed by atoms with Crippen LogP contribution in [0.3, 0.4) is 0 Å². The number of aromatic nitrogens is 1. The Morgan fingerprint density at radius 2 is 1.94 bits per heavy atom. The number of benzene rings is 2. The summed E-state index contributed by atoms with van der Waals surface area (Å²) in [7, 11) is 0. The molecule has 0 bridgehead atoms. The van der Waals surface area contributed by atoms with Gasteiger partial charge in [0.05, 0.1) is 27.4 Å². The van der Waals surface area contributed by atoms with E-state index in [2.05, 4.69) is 4.99 Å². The Hall–Kier alpha value is -3.10. The van der Waals surface area contributed by atoms with Crippen LogP contribution in [0.5, 0.6) is 0 Å². The zero-order chi connectivity index (χ0) is 23.0. The number of hydrogen-bond donors (Lipinski definition) is 0. The van der Waals surface area contributed by atoms with Gasteiger partial charge in [0.1, 0.15) is 17.7 Å². The lowest BCUT2D eigenvalue weighted by Gasteiger charge is -2.24. The number of nitrogens with zero attached hydrogens (tertiary/aromatic N) is 2. The van der Waals surface area contributed by atoms with Gasteiger partial charge in [-0.1, -0.05) is 47.2 Å². The molecule has 4 rings (SSSR count). The van der Waals surface area contributed by atoms with E-state index >= 15 is 0 Å². The predicted molar refractivity (Wildman–Crippen MR) is 118 cm³/mol. The number of halogens is 3. The van der Waals surface area contributed by atoms with Crippen LogP contribution in [0.1, 0.15) is 31.0 Å². The van der Waals surface area contributed by atoms with Gasteiger partial charge in [0.25, 0.3) is 5.56 Å². The van der Waals surface area contributed by atoms with Gasteiger partial charge in [-0.2, -0.15) is 0 Å². The molecule has 0 amide bonds. The highest BCUT2D eigenvalue weighted by Gasteiger charge is 2.34. The van der Waals surface area contributed by atoms with Crippen LogP contribution in [0.15, 0.2) is 63.5 Å². The maximum atomic E-state index is 14.8. The van der Waals surface area contributed by atoms with Gasteiger partial charge in [0.2, 0.25) is 0 Å². The maximum Gasteiger partial charge on any atom is 0.338 e. The average Bonchev–Trinajstić information content (AvgIpc) is 3.05. The van der Waals surface area contributed by atoms with Crippen molar-refractivity contribution in [3.05, 3.63) is 101 Å². The average molecular weight is 475 g/mol. The second kappa shape index (κ2) is 8.80. The number of rotatable bonds is 4. The fourth-order valence-electron chi connectivity index (χ4n) is 3.56. The fourth-order valence-corrected chi connectivity index (χ4v) is 4.81. The number of carbonyl (C=O) groups excluding carboxylic acids is 1. The lowest BCUT2D eigenvalue weighted by molar-refractivity contribution is -0.139. The van der Waals surface area contributed by atoms with Crippen molar-refractivity contribution in [1.29, 1.82) is 0 Å². The minimum absolute atomic E-state index is 0.0585. The van der Waals surface area contributed by atoms with Crippen molar-refractivity contribution in [3.8, 4) is 0 Å². The lowest BCUT2D eigenvalue weighted by atomic mass is 9.95. The minimum atomic E-state index is -1.08. The molecule has 0 fully saturated rings. The number of carbonyl (C=O) groups is 1. The molecule has 0 unspecified atom stereocenters. The number of allylic oxidation sites excluding steroid dienone is 1. The molecule has 1 aliphatic rings. The molecule has 1 atom stereocenters. The quantitative estimate of drug-likeness (QED) is 0.541. The molecule has 2 heterocycles. The Kier molecular flexibility index (Phi) is 6.08. The molecule has 2 aromatic carbocycles. The summed E-state index contributed by atoms with van der Waals surface area (Å²) >= 11 is 7.11. The van der Waals surface area contributed by atoms with Gasteiger partial charge >= 0.3 is 5.97 Å². The Balaban J connectivity index is 2.02. The summed E-state index contributed by atoms with van der Waals surface area (Å²) in [4.78, 5) is 30.8. The molecule has 0 radical (unpaired) electrons. The summed E-state index contributed by atoms with van der Waals surface area (Å²) in [6.45, 7) is 3.36. The van der Waals surface area contributed by atoms with Gasteiger partial charge in [0, 0.05) is 11.1 Å². The number of hydrogen-bond acceptors (Lipinski definition) is 5. The summed E-state index contributed by atoms with van der Waals surface area (Å²) < 4.78 is 35.7. The van der Waals surface area contributed by atoms with Gasteiger partial charge in [-0.15, -0.1) is 0 Å². The number of ether oxygens (including phenoxy) is 1. The molecule has 0 saturated heterocycles. The number of esters is 1. The highest BCUT2D eigenvalue weighted by atomic mass is 35.5. The van der Waals surface area contributed by atoms with Crippen molar-refractivity contribution in [3.63, 3.8) is 0 Å². The zero-order valence-corrected chi connectivity index (χ0v) is 18.6. The normalized spacial score (nSPS) is 16.0. The topological polar surface area (TPSA) is 60.7 Å². The molecule has 5 nitrogen and oxygen atoms in total. The van der Waals surface area contributed by atoms with Crippen LogP contribution >= 0.6 is 22.9 Å². The monoisotopic (exact) mass is 474 g/mol. The van der Waals surface area contributed by atoms with Crippen molar-refractivity contribution in [2.24, 2.45) is 4.99 Å². The summed E-state index contributed by atoms with van der Waals surface area (Å²) in [6.07, 6.45) is 1.34. The molecule has 0 spiro atoms. The molecule has 0 saturated carbocycles. The van der Waals surface area contributed by atoms with E-state index in [1.807, 2.05) is 0 Å². The first-order chi connectivity index (χ1) is 15.3. The Morgan fingerprint density at radius 1 is 1.22 bits per heavy atom. The molecule has 164 valence electrons. The van der Waals surface area contributed by atoms with Crippen LogP contribution in [0, 0.1) is 11.6 Å². The first kappa shape index (κ1) is 22.1. The van der Waals surface area contributed by atoms with E-state index in [0.29, 0.717) is 5.70 Å². The van der Waals surface area contributed by atoms with Crippen LogP contribution in [0.2, 0.25) is 5.02 Å². The van der Waals surface area contributed by atoms with Gasteiger partial charge in [-0.25, -0.2) is 18.6 Å². The van der Waals surface area contributed by atoms with E-state index in [-0.39, 0.29) is 37.7 Å². The third-order valence-corrected chi connectivity index (χ3v) is 6.30. The summed E-state index contributed by atoms with van der Waals surface area (Å²) in [5.74, 6) is -1.86. The van der Waals surface area contributed by atoms with Crippen LogP contribution in [-0.4, -0.2) is 17.1 Å². The molecule has 3 aromatic rings. The number of fused-ring (bicyclic) bond motifs is 1. The lowest BCUT2D eigenvalue weighted by Crippen LogP contribution is -2.40. The molecular formula is C23H17ClF2N2O3S. The Bertz CT molecular complexity index is 1420. The van der Waals surface area contributed by atoms with Crippen molar-refractivity contribution >= 4 is 35.0 Å². The number of thiazole rings is 1. The largest absolute Gasteiger partial charge is 0.463 e. The summed E-state index contributed by atoms with van der Waals surface area (Å²) in [5, 5.41) is 0.143. The highest BCUT2D eigenvalue weighted by Crippen LogP contribution is 2.32. The Morgan fingerprint density at radius 3 is 2.62 bits per heavy atom. The van der Waals surface area contributed by atoms with Crippen molar-refractivity contribution < 1.29 is 18.3 Å². The third-order valence-electron chi connectivity index (χ3n) is 4.99. The van der Waals surface area contributed by atoms with Gasteiger partial charge < -0.3 is 4.74 Å². The second-order valence-electron chi connectivity index (χ2n) is 6.96. The standard InChI is InChI=1S/C23H17ClF2N2O3S/c1-3-31-22(30)19-12(2)27-23-28(20(19)13-7-4-5-9-16(13)25)21(29)18(32-23)11-14-15(24)8-6-10-17(14)26/h4-11,20H,3H2,1-2H3/t20-/m0/s1. The van der Waals surface area contributed by atoms with Gasteiger partial charge in [-0.3, -0.25) is 9.36 Å². The third kappa shape index (κ3) is 3.80. The van der Waals surface area contributed by atoms with Gasteiger partial charge in [0.15, 0.2) is 4.80 Å². The molecule has 1 aliphatic heterocycles. The Labute approximate surface area is 190 Å². The molecule has 0 aliphatic carbocycles. The highest BCUT2D eigenvalue weighted by molar-refractivity contribution is 7.07. The van der Waals surface area contributed by atoms with Gasteiger partial charge in [-0.05, 0) is 38.1 Å². The molecule has 9 heteroatoms. The first-order valence-corrected chi connectivity index (χ1v) is 10.9. The maximum absolute atomic E-state index is 14.8. The first-order valence-electron chi connectivity index (χ1n) is 9.71. The zero-order valence-electron chi connectivity index (χ0n) is 17.1. The van der Waals surface area contributed by atoms with E-state index in [1.165, 1.54) is 47.0 Å². The molecule has 0 N–H and O–H groups in total. The van der Waals surface area contributed by atoms with E-state index in [0.717, 1.165) is 11.3 Å². The molecule has 1 aromatic heterocycles. The SMILES string of the molecule is CCOC(=O)C1=C(C)N=c2sc(=Cc3c(F)cccc3Cl)c(=O)n2[C@H]1c1ccccc1F. The van der Waals surface area contributed by atoms with E-state index in [1.54, 1.807) is 19.9 Å². The van der Waals surface area contributed by atoms with Crippen LogP contribution < -0.4 is 14.9 Å².